The Labute approximate surface area is 60.9 Å². The van der Waals surface area contributed by atoms with Gasteiger partial charge in [-0.1, -0.05) is 12.7 Å². The number of carbonyl (C=O) groups excluding carboxylic acids is 1. The van der Waals surface area contributed by atoms with Crippen LogP contribution in [0.2, 0.25) is 0 Å². The van der Waals surface area contributed by atoms with Crippen LogP contribution in [-0.4, -0.2) is 12.1 Å². The van der Waals surface area contributed by atoms with Crippen molar-refractivity contribution in [1.82, 2.24) is 0 Å². The Morgan fingerprint density at radius 3 is 2.90 bits per heavy atom. The lowest BCUT2D eigenvalue weighted by Crippen LogP contribution is -2.12. The molecule has 0 aromatic heterocycles. The highest BCUT2D eigenvalue weighted by Gasteiger charge is 2.03. The Morgan fingerprint density at radius 2 is 2.60 bits per heavy atom. The predicted octanol–water partition coefficient (Wildman–Crippen LogP) is 1.13. The number of rotatable bonds is 3. The molecule has 0 aromatic rings. The summed E-state index contributed by atoms with van der Waals surface area (Å²) in [6, 6.07) is 0. The lowest BCUT2D eigenvalue weighted by Gasteiger charge is -2.07. The van der Waals surface area contributed by atoms with Gasteiger partial charge in [0.2, 0.25) is 0 Å². The number of carbonyl (C=O) groups is 1. The van der Waals surface area contributed by atoms with E-state index in [4.69, 9.17) is 11.2 Å². The largest absolute Gasteiger partial charge is 0.457 e. The molecular formula is C8H10O2. The molecule has 0 bridgehead atoms. The molecule has 1 atom stereocenters. The third-order valence-electron chi connectivity index (χ3n) is 0.899. The molecule has 0 aliphatic heterocycles. The van der Waals surface area contributed by atoms with Gasteiger partial charge in [0, 0.05) is 13.3 Å². The summed E-state index contributed by atoms with van der Waals surface area (Å²) in [6.45, 7) is 4.80. The minimum Gasteiger partial charge on any atom is -0.457 e. The molecule has 2 nitrogen and oxygen atoms in total. The maximum atomic E-state index is 10.3. The monoisotopic (exact) mass is 138 g/mol. The van der Waals surface area contributed by atoms with Crippen LogP contribution >= 0.6 is 0 Å². The fourth-order valence-corrected chi connectivity index (χ4v) is 0.502. The molecule has 0 aliphatic rings. The van der Waals surface area contributed by atoms with Crippen LogP contribution < -0.4 is 0 Å². The van der Waals surface area contributed by atoms with Crippen LogP contribution in [0.15, 0.2) is 12.7 Å². The second-order valence-corrected chi connectivity index (χ2v) is 1.79. The smallest absolute Gasteiger partial charge is 0.303 e. The van der Waals surface area contributed by atoms with E-state index in [1.165, 1.54) is 13.0 Å². The molecule has 54 valence electrons. The van der Waals surface area contributed by atoms with E-state index in [1.807, 2.05) is 0 Å². The van der Waals surface area contributed by atoms with Gasteiger partial charge in [0.1, 0.15) is 6.10 Å². The molecule has 0 aromatic carbocycles. The highest BCUT2D eigenvalue weighted by molar-refractivity contribution is 5.66. The number of esters is 1. The number of hydrogen-bond acceptors (Lipinski definition) is 2. The molecular weight excluding hydrogens is 128 g/mol. The van der Waals surface area contributed by atoms with Crippen molar-refractivity contribution in [2.24, 2.45) is 0 Å². The molecule has 0 N–H and O–H groups in total. The zero-order chi connectivity index (χ0) is 7.98. The SMILES string of the molecule is C#CCC(C=C)OC(C)=O. The fourth-order valence-electron chi connectivity index (χ4n) is 0.502. The van der Waals surface area contributed by atoms with E-state index in [-0.39, 0.29) is 12.1 Å². The van der Waals surface area contributed by atoms with E-state index in [1.54, 1.807) is 0 Å². The first kappa shape index (κ1) is 8.77. The van der Waals surface area contributed by atoms with Crippen LogP contribution in [0.5, 0.6) is 0 Å². The highest BCUT2D eigenvalue weighted by Crippen LogP contribution is 1.97. The Balaban J connectivity index is 3.73. The Hall–Kier alpha value is -1.23. The number of hydrogen-bond donors (Lipinski definition) is 0. The third kappa shape index (κ3) is 3.73. The molecule has 0 saturated carbocycles. The van der Waals surface area contributed by atoms with Crippen LogP contribution in [0.4, 0.5) is 0 Å². The fraction of sp³-hybridized carbons (Fsp3) is 0.375. The van der Waals surface area contributed by atoms with E-state index < -0.39 is 0 Å². The first-order valence-corrected chi connectivity index (χ1v) is 2.94. The molecule has 0 aliphatic carbocycles. The lowest BCUT2D eigenvalue weighted by molar-refractivity contribution is -0.143. The molecule has 0 saturated heterocycles. The Bertz CT molecular complexity index is 165. The van der Waals surface area contributed by atoms with Crippen molar-refractivity contribution in [3.8, 4) is 12.3 Å². The van der Waals surface area contributed by atoms with Gasteiger partial charge in [-0.25, -0.2) is 0 Å². The van der Waals surface area contributed by atoms with Gasteiger partial charge in [0.25, 0.3) is 0 Å². The molecule has 1 unspecified atom stereocenters. The second-order valence-electron chi connectivity index (χ2n) is 1.79. The first-order valence-electron chi connectivity index (χ1n) is 2.94. The van der Waals surface area contributed by atoms with Gasteiger partial charge in [0.15, 0.2) is 0 Å². The molecule has 0 spiro atoms. The minimum atomic E-state index is -0.333. The summed E-state index contributed by atoms with van der Waals surface area (Å²) in [5.74, 6) is 2.04. The number of ether oxygens (including phenoxy) is 1. The average Bonchev–Trinajstić information content (AvgIpc) is 1.86. The van der Waals surface area contributed by atoms with E-state index in [0.29, 0.717) is 6.42 Å². The van der Waals surface area contributed by atoms with Crippen LogP contribution in [-0.2, 0) is 9.53 Å². The van der Waals surface area contributed by atoms with Crippen molar-refractivity contribution in [1.29, 1.82) is 0 Å². The minimum absolute atomic E-state index is 0.331. The van der Waals surface area contributed by atoms with Gasteiger partial charge in [-0.05, 0) is 0 Å². The zero-order valence-electron chi connectivity index (χ0n) is 5.96. The van der Waals surface area contributed by atoms with Gasteiger partial charge >= 0.3 is 5.97 Å². The van der Waals surface area contributed by atoms with Crippen molar-refractivity contribution in [2.45, 2.75) is 19.4 Å². The normalized spacial score (nSPS) is 11.2. The van der Waals surface area contributed by atoms with E-state index in [9.17, 15) is 4.79 Å². The standard InChI is InChI=1S/C8H10O2/c1-4-6-8(5-2)10-7(3)9/h1,5,8H,2,6H2,3H3. The van der Waals surface area contributed by atoms with E-state index >= 15 is 0 Å². The summed E-state index contributed by atoms with van der Waals surface area (Å²) < 4.78 is 4.74. The Morgan fingerprint density at radius 1 is 2.00 bits per heavy atom. The highest BCUT2D eigenvalue weighted by atomic mass is 16.5. The summed E-state index contributed by atoms with van der Waals surface area (Å²) in [4.78, 5) is 10.3. The number of terminal acetylenes is 1. The predicted molar refractivity (Wildman–Crippen MR) is 39.2 cm³/mol. The molecule has 10 heavy (non-hydrogen) atoms. The van der Waals surface area contributed by atoms with Crippen molar-refractivity contribution < 1.29 is 9.53 Å². The van der Waals surface area contributed by atoms with Crippen molar-refractivity contribution in [3.63, 3.8) is 0 Å². The first-order chi connectivity index (χ1) is 4.70. The molecule has 0 heterocycles. The van der Waals surface area contributed by atoms with Crippen molar-refractivity contribution >= 4 is 5.97 Å². The van der Waals surface area contributed by atoms with Crippen LogP contribution in [0.25, 0.3) is 0 Å². The summed E-state index contributed by atoms with van der Waals surface area (Å²) in [5.41, 5.74) is 0. The Kier molecular flexibility index (Phi) is 4.06. The summed E-state index contributed by atoms with van der Waals surface area (Å²) in [5, 5.41) is 0. The average molecular weight is 138 g/mol. The zero-order valence-corrected chi connectivity index (χ0v) is 5.96. The second kappa shape index (κ2) is 4.63. The summed E-state index contributed by atoms with van der Waals surface area (Å²) >= 11 is 0. The van der Waals surface area contributed by atoms with Crippen LogP contribution in [0.3, 0.4) is 0 Å². The molecule has 0 fully saturated rings. The maximum absolute atomic E-state index is 10.3. The van der Waals surface area contributed by atoms with Crippen molar-refractivity contribution in [2.75, 3.05) is 0 Å². The van der Waals surface area contributed by atoms with Gasteiger partial charge in [-0.2, -0.15) is 0 Å². The lowest BCUT2D eigenvalue weighted by atomic mass is 10.2. The van der Waals surface area contributed by atoms with Gasteiger partial charge in [-0.3, -0.25) is 4.79 Å². The van der Waals surface area contributed by atoms with Crippen LogP contribution in [0.1, 0.15) is 13.3 Å². The van der Waals surface area contributed by atoms with E-state index in [0.717, 1.165) is 0 Å². The molecule has 0 rings (SSSR count). The van der Waals surface area contributed by atoms with Crippen molar-refractivity contribution in [3.05, 3.63) is 12.7 Å². The molecule has 0 radical (unpaired) electrons. The quantitative estimate of drug-likeness (QED) is 0.332. The van der Waals surface area contributed by atoms with Crippen LogP contribution in [0, 0.1) is 12.3 Å². The topological polar surface area (TPSA) is 26.3 Å². The summed E-state index contributed by atoms with van der Waals surface area (Å²) in [6.07, 6.45) is 6.57. The maximum Gasteiger partial charge on any atom is 0.303 e. The van der Waals surface area contributed by atoms with E-state index in [2.05, 4.69) is 12.5 Å². The third-order valence-corrected chi connectivity index (χ3v) is 0.899. The molecule has 0 amide bonds. The summed E-state index contributed by atoms with van der Waals surface area (Å²) in [7, 11) is 0. The van der Waals surface area contributed by atoms with Gasteiger partial charge < -0.3 is 4.74 Å². The van der Waals surface area contributed by atoms with Gasteiger partial charge in [0.05, 0.1) is 0 Å². The molecule has 2 heteroatoms. The van der Waals surface area contributed by atoms with Gasteiger partial charge in [-0.15, -0.1) is 12.3 Å².